The number of carbonyl (C=O) groups excluding carboxylic acids is 1. The molecule has 1 aromatic carbocycles. The van der Waals surface area contributed by atoms with Crippen LogP contribution in [0.5, 0.6) is 0 Å². The molecular formula is C14H17N3O2. The maximum absolute atomic E-state index is 11.9. The predicted molar refractivity (Wildman–Crippen MR) is 72.7 cm³/mol. The van der Waals surface area contributed by atoms with Crippen LogP contribution in [0.15, 0.2) is 34.7 Å². The van der Waals surface area contributed by atoms with Crippen molar-refractivity contribution < 1.29 is 9.21 Å². The Morgan fingerprint density at radius 3 is 2.79 bits per heavy atom. The van der Waals surface area contributed by atoms with Crippen LogP contribution in [0.1, 0.15) is 22.7 Å². The van der Waals surface area contributed by atoms with E-state index in [9.17, 15) is 4.79 Å². The van der Waals surface area contributed by atoms with Gasteiger partial charge in [-0.15, -0.1) is 0 Å². The highest BCUT2D eigenvalue weighted by molar-refractivity contribution is 5.92. The molecule has 1 heterocycles. The normalized spacial score (nSPS) is 10.4. The number of carbonyl (C=O) groups is 1. The fourth-order valence-electron chi connectivity index (χ4n) is 1.70. The quantitative estimate of drug-likeness (QED) is 0.801. The number of hydrogen-bond donors (Lipinski definition) is 2. The first-order valence-corrected chi connectivity index (χ1v) is 6.23. The van der Waals surface area contributed by atoms with E-state index in [0.717, 1.165) is 12.0 Å². The van der Waals surface area contributed by atoms with E-state index in [1.165, 1.54) is 0 Å². The first kappa shape index (κ1) is 13.3. The molecule has 0 aliphatic heterocycles. The third kappa shape index (κ3) is 3.20. The van der Waals surface area contributed by atoms with Gasteiger partial charge in [0.1, 0.15) is 0 Å². The van der Waals surface area contributed by atoms with Gasteiger partial charge in [0.05, 0.1) is 5.69 Å². The summed E-state index contributed by atoms with van der Waals surface area (Å²) in [6.07, 6.45) is 0.741. The standard InChI is InChI=1S/C14H17N3O2/c1-10-12(13(18)16-9-5-8-15)19-14(17-10)11-6-3-2-4-7-11/h2-4,6-7H,5,8-9,15H2,1H3,(H,16,18). The molecule has 0 atom stereocenters. The van der Waals surface area contributed by atoms with Crippen LogP contribution in [0.4, 0.5) is 0 Å². The molecule has 0 bridgehead atoms. The number of hydrogen-bond acceptors (Lipinski definition) is 4. The number of amides is 1. The number of nitrogens with two attached hydrogens (primary N) is 1. The molecule has 5 nitrogen and oxygen atoms in total. The van der Waals surface area contributed by atoms with Crippen LogP contribution in [0.2, 0.25) is 0 Å². The Bertz CT molecular complexity index is 549. The van der Waals surface area contributed by atoms with E-state index in [1.54, 1.807) is 6.92 Å². The number of nitrogens with zero attached hydrogens (tertiary/aromatic N) is 1. The van der Waals surface area contributed by atoms with Crippen LogP contribution in [-0.4, -0.2) is 24.0 Å². The van der Waals surface area contributed by atoms with Crippen molar-refractivity contribution in [2.24, 2.45) is 5.73 Å². The topological polar surface area (TPSA) is 81.2 Å². The van der Waals surface area contributed by atoms with Gasteiger partial charge < -0.3 is 15.5 Å². The minimum Gasteiger partial charge on any atom is -0.431 e. The minimum absolute atomic E-state index is 0.249. The molecule has 0 saturated carbocycles. The first-order valence-electron chi connectivity index (χ1n) is 6.23. The molecule has 0 aliphatic rings. The molecule has 3 N–H and O–H groups in total. The zero-order valence-corrected chi connectivity index (χ0v) is 10.8. The molecule has 0 saturated heterocycles. The summed E-state index contributed by atoms with van der Waals surface area (Å²) in [7, 11) is 0. The fraction of sp³-hybridized carbons (Fsp3) is 0.286. The summed E-state index contributed by atoms with van der Waals surface area (Å²) in [5.41, 5.74) is 6.82. The molecule has 0 unspecified atom stereocenters. The van der Waals surface area contributed by atoms with Gasteiger partial charge in [0.15, 0.2) is 0 Å². The first-order chi connectivity index (χ1) is 9.22. The molecule has 0 spiro atoms. The van der Waals surface area contributed by atoms with Gasteiger partial charge in [-0.25, -0.2) is 4.98 Å². The van der Waals surface area contributed by atoms with Gasteiger partial charge in [-0.1, -0.05) is 18.2 Å². The molecule has 19 heavy (non-hydrogen) atoms. The van der Waals surface area contributed by atoms with E-state index >= 15 is 0 Å². The summed E-state index contributed by atoms with van der Waals surface area (Å²) in [5, 5.41) is 2.75. The summed E-state index contributed by atoms with van der Waals surface area (Å²) in [4.78, 5) is 16.2. The van der Waals surface area contributed by atoms with E-state index in [4.69, 9.17) is 10.2 Å². The smallest absolute Gasteiger partial charge is 0.289 e. The predicted octanol–water partition coefficient (Wildman–Crippen LogP) is 1.73. The third-order valence-electron chi connectivity index (χ3n) is 2.69. The van der Waals surface area contributed by atoms with Gasteiger partial charge in [0.25, 0.3) is 5.91 Å². The number of aryl methyl sites for hydroxylation is 1. The molecular weight excluding hydrogens is 242 g/mol. The molecule has 0 fully saturated rings. The van der Waals surface area contributed by atoms with Crippen LogP contribution in [0.3, 0.4) is 0 Å². The Balaban J connectivity index is 2.15. The van der Waals surface area contributed by atoms with Crippen molar-refractivity contribution in [3.05, 3.63) is 41.8 Å². The monoisotopic (exact) mass is 259 g/mol. The number of aromatic nitrogens is 1. The molecule has 2 aromatic rings. The van der Waals surface area contributed by atoms with Crippen LogP contribution >= 0.6 is 0 Å². The summed E-state index contributed by atoms with van der Waals surface area (Å²) in [6.45, 7) is 2.84. The fourth-order valence-corrected chi connectivity index (χ4v) is 1.70. The van der Waals surface area contributed by atoms with E-state index in [2.05, 4.69) is 10.3 Å². The van der Waals surface area contributed by atoms with Crippen LogP contribution in [0.25, 0.3) is 11.5 Å². The molecule has 100 valence electrons. The van der Waals surface area contributed by atoms with E-state index in [1.807, 2.05) is 30.3 Å². The van der Waals surface area contributed by atoms with Crippen molar-refractivity contribution in [1.82, 2.24) is 10.3 Å². The zero-order valence-electron chi connectivity index (χ0n) is 10.8. The van der Waals surface area contributed by atoms with Crippen LogP contribution < -0.4 is 11.1 Å². The highest BCUT2D eigenvalue weighted by Gasteiger charge is 2.17. The average molecular weight is 259 g/mol. The average Bonchev–Trinajstić information content (AvgIpc) is 2.82. The van der Waals surface area contributed by atoms with E-state index in [-0.39, 0.29) is 11.7 Å². The Morgan fingerprint density at radius 1 is 1.37 bits per heavy atom. The summed E-state index contributed by atoms with van der Waals surface area (Å²) in [5.74, 6) is 0.471. The number of benzene rings is 1. The number of oxazole rings is 1. The SMILES string of the molecule is Cc1nc(-c2ccccc2)oc1C(=O)NCCCN. The van der Waals surface area contributed by atoms with E-state index < -0.39 is 0 Å². The highest BCUT2D eigenvalue weighted by atomic mass is 16.4. The highest BCUT2D eigenvalue weighted by Crippen LogP contribution is 2.21. The molecule has 2 rings (SSSR count). The van der Waals surface area contributed by atoms with Crippen molar-refractivity contribution in [1.29, 1.82) is 0 Å². The largest absolute Gasteiger partial charge is 0.431 e. The Hall–Kier alpha value is -2.14. The number of rotatable bonds is 5. The second kappa shape index (κ2) is 6.15. The number of nitrogens with one attached hydrogen (secondary N) is 1. The third-order valence-corrected chi connectivity index (χ3v) is 2.69. The van der Waals surface area contributed by atoms with Crippen molar-refractivity contribution in [3.63, 3.8) is 0 Å². The second-order valence-electron chi connectivity index (χ2n) is 4.20. The second-order valence-corrected chi connectivity index (χ2v) is 4.20. The summed E-state index contributed by atoms with van der Waals surface area (Å²) < 4.78 is 5.54. The van der Waals surface area contributed by atoms with Crippen molar-refractivity contribution in [2.45, 2.75) is 13.3 Å². The molecule has 1 amide bonds. The van der Waals surface area contributed by atoms with Gasteiger partial charge in [-0.3, -0.25) is 4.79 Å². The van der Waals surface area contributed by atoms with Crippen LogP contribution in [0, 0.1) is 6.92 Å². The van der Waals surface area contributed by atoms with Crippen molar-refractivity contribution in [3.8, 4) is 11.5 Å². The molecule has 1 aromatic heterocycles. The Kier molecular flexibility index (Phi) is 4.30. The Labute approximate surface area is 111 Å². The van der Waals surface area contributed by atoms with Crippen molar-refractivity contribution in [2.75, 3.05) is 13.1 Å². The van der Waals surface area contributed by atoms with Gasteiger partial charge in [0.2, 0.25) is 11.7 Å². The van der Waals surface area contributed by atoms with Crippen LogP contribution in [-0.2, 0) is 0 Å². The summed E-state index contributed by atoms with van der Waals surface area (Å²) >= 11 is 0. The molecule has 0 aliphatic carbocycles. The van der Waals surface area contributed by atoms with Gasteiger partial charge in [0, 0.05) is 12.1 Å². The lowest BCUT2D eigenvalue weighted by molar-refractivity contribution is 0.0926. The Morgan fingerprint density at radius 2 is 2.11 bits per heavy atom. The maximum atomic E-state index is 11.9. The zero-order chi connectivity index (χ0) is 13.7. The lowest BCUT2D eigenvalue weighted by Gasteiger charge is -2.01. The van der Waals surface area contributed by atoms with Gasteiger partial charge in [-0.05, 0) is 32.0 Å². The van der Waals surface area contributed by atoms with Gasteiger partial charge >= 0.3 is 0 Å². The molecule has 0 radical (unpaired) electrons. The minimum atomic E-state index is -0.249. The van der Waals surface area contributed by atoms with Crippen molar-refractivity contribution >= 4 is 5.91 Å². The summed E-state index contributed by atoms with van der Waals surface area (Å²) in [6, 6.07) is 9.49. The van der Waals surface area contributed by atoms with E-state index in [0.29, 0.717) is 24.7 Å². The lowest BCUT2D eigenvalue weighted by Crippen LogP contribution is -2.26. The van der Waals surface area contributed by atoms with Gasteiger partial charge in [-0.2, -0.15) is 0 Å². The maximum Gasteiger partial charge on any atom is 0.289 e. The molecule has 5 heteroatoms. The lowest BCUT2D eigenvalue weighted by atomic mass is 10.2.